The monoisotopic (exact) mass is 214 g/mol. The van der Waals surface area contributed by atoms with Gasteiger partial charge in [-0.3, -0.25) is 0 Å². The summed E-state index contributed by atoms with van der Waals surface area (Å²) >= 11 is 11.3. The highest BCUT2D eigenvalue weighted by atomic mass is 35.5. The Morgan fingerprint density at radius 2 is 1.80 bits per heavy atom. The third-order valence-corrected chi connectivity index (χ3v) is 6.42. The first kappa shape index (κ1) is 11.0. The van der Waals surface area contributed by atoms with Crippen molar-refractivity contribution in [2.24, 2.45) is 0 Å². The average molecular weight is 215 g/mol. The van der Waals surface area contributed by atoms with Gasteiger partial charge in [-0.05, 0) is 0 Å². The molecule has 4 heteroatoms. The number of hydrogen-bond acceptors (Lipinski definition) is 0. The van der Waals surface area contributed by atoms with Crippen LogP contribution in [0.15, 0.2) is 0 Å². The molecule has 0 atom stereocenters. The zero-order valence-electron chi connectivity index (χ0n) is 6.95. The molecule has 0 spiro atoms. The van der Waals surface area contributed by atoms with E-state index in [1.54, 1.807) is 0 Å². The van der Waals surface area contributed by atoms with Crippen molar-refractivity contribution < 1.29 is 0 Å². The van der Waals surface area contributed by atoms with Crippen molar-refractivity contribution in [3.63, 3.8) is 0 Å². The van der Waals surface area contributed by atoms with Gasteiger partial charge in [0.15, 0.2) is 0 Å². The SMILES string of the molecule is C[Si](C)(C)CC[SiH2]C(Cl)Cl. The lowest BCUT2D eigenvalue weighted by Crippen LogP contribution is -2.20. The first-order chi connectivity index (χ1) is 4.42. The maximum atomic E-state index is 5.65. The zero-order chi connectivity index (χ0) is 8.20. The van der Waals surface area contributed by atoms with Gasteiger partial charge in [-0.25, -0.2) is 0 Å². The second kappa shape index (κ2) is 4.80. The predicted octanol–water partition coefficient (Wildman–Crippen LogP) is 2.67. The van der Waals surface area contributed by atoms with Gasteiger partial charge in [0.1, 0.15) is 0 Å². The molecule has 0 aliphatic carbocycles. The van der Waals surface area contributed by atoms with Crippen LogP contribution < -0.4 is 0 Å². The lowest BCUT2D eigenvalue weighted by atomic mass is 10.9. The standard InChI is InChI=1S/C6H16Cl2Si2/c1-10(2,3)5-4-9-6(7)8/h6H,4-5,9H2,1-3H3. The second-order valence-electron chi connectivity index (χ2n) is 3.84. The van der Waals surface area contributed by atoms with Crippen LogP contribution in [0.3, 0.4) is 0 Å². The minimum atomic E-state index is -0.807. The van der Waals surface area contributed by atoms with Gasteiger partial charge < -0.3 is 0 Å². The van der Waals surface area contributed by atoms with Gasteiger partial charge in [-0.2, -0.15) is 0 Å². The molecule has 0 bridgehead atoms. The molecule has 0 amide bonds. The Kier molecular flexibility index (Phi) is 5.29. The highest BCUT2D eigenvalue weighted by molar-refractivity contribution is 6.77. The summed E-state index contributed by atoms with van der Waals surface area (Å²) in [5, 5.41) is 0. The Hall–Kier alpha value is 1.01. The van der Waals surface area contributed by atoms with E-state index in [9.17, 15) is 0 Å². The van der Waals surface area contributed by atoms with Crippen molar-refractivity contribution in [3.05, 3.63) is 0 Å². The van der Waals surface area contributed by atoms with Crippen LogP contribution >= 0.6 is 23.2 Å². The van der Waals surface area contributed by atoms with Crippen LogP contribution in [0.1, 0.15) is 0 Å². The van der Waals surface area contributed by atoms with Crippen molar-refractivity contribution in [3.8, 4) is 0 Å². The molecule has 0 aliphatic rings. The van der Waals surface area contributed by atoms with Gasteiger partial charge >= 0.3 is 0 Å². The molecular formula is C6H16Cl2Si2. The lowest BCUT2D eigenvalue weighted by molar-refractivity contribution is 1.32. The van der Waals surface area contributed by atoms with Crippen LogP contribution in [0.25, 0.3) is 0 Å². The third kappa shape index (κ3) is 9.01. The van der Waals surface area contributed by atoms with Crippen LogP contribution in [0.2, 0.25) is 31.7 Å². The molecule has 0 saturated carbocycles. The molecule has 0 aromatic heterocycles. The summed E-state index contributed by atoms with van der Waals surface area (Å²) in [4.78, 5) is 0. The molecule has 62 valence electrons. The molecule has 0 unspecified atom stereocenters. The molecule has 0 aromatic rings. The van der Waals surface area contributed by atoms with Crippen LogP contribution in [-0.2, 0) is 0 Å². The van der Waals surface area contributed by atoms with E-state index >= 15 is 0 Å². The number of rotatable bonds is 4. The average Bonchev–Trinajstić information content (AvgIpc) is 1.59. The van der Waals surface area contributed by atoms with E-state index in [1.807, 2.05) is 0 Å². The van der Waals surface area contributed by atoms with Gasteiger partial charge in [0.05, 0.1) is 14.0 Å². The van der Waals surface area contributed by atoms with E-state index in [0.717, 1.165) is 0 Å². The largest absolute Gasteiger partial charge is 0.110 e. The molecule has 0 aromatic carbocycles. The molecule has 0 aliphatic heterocycles. The summed E-state index contributed by atoms with van der Waals surface area (Å²) in [6.07, 6.45) is 0. The van der Waals surface area contributed by atoms with Gasteiger partial charge in [0, 0.05) is 8.07 Å². The second-order valence-corrected chi connectivity index (χ2v) is 13.9. The Labute approximate surface area is 77.1 Å². The van der Waals surface area contributed by atoms with Crippen molar-refractivity contribution >= 4 is 40.8 Å². The summed E-state index contributed by atoms with van der Waals surface area (Å²) in [5.74, 6) is 0. The summed E-state index contributed by atoms with van der Waals surface area (Å²) in [6.45, 7) is 7.16. The molecule has 10 heavy (non-hydrogen) atoms. The zero-order valence-corrected chi connectivity index (χ0v) is 10.9. The van der Waals surface area contributed by atoms with Crippen LogP contribution in [-0.4, -0.2) is 22.1 Å². The molecule has 0 fully saturated rings. The Morgan fingerprint density at radius 3 is 2.10 bits per heavy atom. The predicted molar refractivity (Wildman–Crippen MR) is 57.0 cm³/mol. The van der Waals surface area contributed by atoms with Crippen molar-refractivity contribution in [2.75, 3.05) is 0 Å². The van der Waals surface area contributed by atoms with E-state index in [-0.39, 0.29) is 14.0 Å². The fourth-order valence-electron chi connectivity index (χ4n) is 0.787. The van der Waals surface area contributed by atoms with Crippen LogP contribution in [0.5, 0.6) is 0 Å². The highest BCUT2D eigenvalue weighted by Crippen LogP contribution is 2.13. The van der Waals surface area contributed by atoms with Crippen LogP contribution in [0, 0.1) is 0 Å². The quantitative estimate of drug-likeness (QED) is 0.499. The fourth-order valence-corrected chi connectivity index (χ4v) is 7.08. The Bertz CT molecular complexity index is 88.2. The maximum Gasteiger partial charge on any atom is 0.0907 e. The molecular weight excluding hydrogens is 199 g/mol. The van der Waals surface area contributed by atoms with E-state index in [0.29, 0.717) is 0 Å². The lowest BCUT2D eigenvalue weighted by Gasteiger charge is -2.14. The van der Waals surface area contributed by atoms with E-state index < -0.39 is 8.07 Å². The Balaban J connectivity index is 3.21. The van der Waals surface area contributed by atoms with E-state index in [1.165, 1.54) is 12.1 Å². The smallest absolute Gasteiger partial charge is 0.0907 e. The number of halogens is 2. The molecule has 0 N–H and O–H groups in total. The summed E-state index contributed by atoms with van der Waals surface area (Å²) in [5.41, 5.74) is 0. The molecule has 0 heterocycles. The number of alkyl halides is 2. The topological polar surface area (TPSA) is 0 Å². The molecule has 0 radical (unpaired) electrons. The van der Waals surface area contributed by atoms with Crippen molar-refractivity contribution in [1.82, 2.24) is 0 Å². The first-order valence-corrected chi connectivity index (χ1v) is 10.1. The third-order valence-electron chi connectivity index (χ3n) is 1.35. The highest BCUT2D eigenvalue weighted by Gasteiger charge is 2.12. The summed E-state index contributed by atoms with van der Waals surface area (Å²) in [6, 6.07) is 2.72. The Morgan fingerprint density at radius 1 is 1.30 bits per heavy atom. The van der Waals surface area contributed by atoms with E-state index in [2.05, 4.69) is 19.6 Å². The van der Waals surface area contributed by atoms with Gasteiger partial charge in [0.2, 0.25) is 0 Å². The number of hydrogen-bond donors (Lipinski definition) is 0. The van der Waals surface area contributed by atoms with Crippen molar-refractivity contribution in [1.29, 1.82) is 0 Å². The minimum Gasteiger partial charge on any atom is -0.110 e. The van der Waals surface area contributed by atoms with Gasteiger partial charge in [0.25, 0.3) is 0 Å². The molecule has 0 rings (SSSR count). The van der Waals surface area contributed by atoms with Gasteiger partial charge in [-0.15, -0.1) is 23.2 Å². The maximum absolute atomic E-state index is 5.65. The molecule has 0 saturated heterocycles. The summed E-state index contributed by atoms with van der Waals surface area (Å²) < 4.78 is -0.0173. The van der Waals surface area contributed by atoms with E-state index in [4.69, 9.17) is 23.2 Å². The van der Waals surface area contributed by atoms with Crippen molar-refractivity contribution in [2.45, 2.75) is 36.2 Å². The van der Waals surface area contributed by atoms with Gasteiger partial charge in [-0.1, -0.05) is 31.7 Å². The molecule has 0 nitrogen and oxygen atoms in total. The first-order valence-electron chi connectivity index (χ1n) is 3.70. The summed E-state index contributed by atoms with van der Waals surface area (Å²) in [7, 11) is -0.975. The minimum absolute atomic E-state index is 0.0173. The van der Waals surface area contributed by atoms with Crippen LogP contribution in [0.4, 0.5) is 0 Å². The fraction of sp³-hybridized carbons (Fsp3) is 1.00. The normalized spacial score (nSPS) is 13.8.